The number of nitrogens with two attached hydrogens (primary N) is 1. The van der Waals surface area contributed by atoms with Gasteiger partial charge in [-0.3, -0.25) is 0 Å². The van der Waals surface area contributed by atoms with Crippen molar-refractivity contribution in [1.82, 2.24) is 14.8 Å². The molecule has 2 N–H and O–H groups in total. The molecule has 0 amide bonds. The normalized spacial score (nSPS) is 12.0. The van der Waals surface area contributed by atoms with Gasteiger partial charge in [-0.15, -0.1) is 0 Å². The van der Waals surface area contributed by atoms with E-state index < -0.39 is 11.7 Å². The fourth-order valence-corrected chi connectivity index (χ4v) is 2.19. The third-order valence-corrected chi connectivity index (χ3v) is 3.22. The Hall–Kier alpha value is -2.28. The van der Waals surface area contributed by atoms with Crippen LogP contribution in [-0.4, -0.2) is 14.8 Å². The van der Waals surface area contributed by atoms with Crippen LogP contribution in [0.5, 0.6) is 0 Å². The zero-order valence-electron chi connectivity index (χ0n) is 10.4. The van der Waals surface area contributed by atoms with E-state index >= 15 is 0 Å². The van der Waals surface area contributed by atoms with E-state index in [9.17, 15) is 13.2 Å². The number of anilines is 1. The molecule has 0 unspecified atom stereocenters. The van der Waals surface area contributed by atoms with E-state index in [2.05, 4.69) is 10.1 Å². The van der Waals surface area contributed by atoms with Crippen molar-refractivity contribution in [2.45, 2.75) is 6.18 Å². The van der Waals surface area contributed by atoms with Crippen LogP contribution in [-0.2, 0) is 6.18 Å². The van der Waals surface area contributed by atoms with E-state index in [1.165, 1.54) is 4.68 Å². The number of hydrogen-bond donors (Lipinski definition) is 1. The van der Waals surface area contributed by atoms with Crippen LogP contribution in [0.2, 0.25) is 5.02 Å². The Morgan fingerprint density at radius 2 is 1.90 bits per heavy atom. The largest absolute Gasteiger partial charge is 0.417 e. The molecule has 0 saturated heterocycles. The molecule has 3 aromatic rings. The highest BCUT2D eigenvalue weighted by molar-refractivity contribution is 6.32. The van der Waals surface area contributed by atoms with Gasteiger partial charge in [-0.2, -0.15) is 18.3 Å². The van der Waals surface area contributed by atoms with Crippen LogP contribution >= 0.6 is 11.6 Å². The Bertz CT molecular complexity index is 826. The number of halogens is 4. The minimum absolute atomic E-state index is 0.116. The Labute approximate surface area is 122 Å². The molecule has 0 bridgehead atoms. The van der Waals surface area contributed by atoms with Gasteiger partial charge in [0.25, 0.3) is 0 Å². The highest BCUT2D eigenvalue weighted by atomic mass is 35.5. The summed E-state index contributed by atoms with van der Waals surface area (Å²) in [7, 11) is 0. The fraction of sp³-hybridized carbons (Fsp3) is 0.0769. The lowest BCUT2D eigenvalue weighted by Crippen LogP contribution is -2.08. The molecule has 0 saturated carbocycles. The summed E-state index contributed by atoms with van der Waals surface area (Å²) in [5.74, 6) is 0.116. The van der Waals surface area contributed by atoms with Gasteiger partial charge >= 0.3 is 6.18 Å². The van der Waals surface area contributed by atoms with Crippen LogP contribution in [0.3, 0.4) is 0 Å². The van der Waals surface area contributed by atoms with E-state index in [0.717, 1.165) is 17.6 Å². The van der Waals surface area contributed by atoms with Crippen LogP contribution in [0.25, 0.3) is 16.7 Å². The van der Waals surface area contributed by atoms with Gasteiger partial charge < -0.3 is 5.73 Å². The summed E-state index contributed by atoms with van der Waals surface area (Å²) in [5, 5.41) is 4.73. The summed E-state index contributed by atoms with van der Waals surface area (Å²) in [6.45, 7) is 0. The van der Waals surface area contributed by atoms with Gasteiger partial charge in [0.05, 0.1) is 22.3 Å². The Balaban J connectivity index is 2.17. The summed E-state index contributed by atoms with van der Waals surface area (Å²) in [4.78, 5) is 3.77. The number of nitrogens with zero attached hydrogens (tertiary/aromatic N) is 3. The first-order valence-electron chi connectivity index (χ1n) is 5.82. The number of pyridine rings is 1. The standard InChI is InChI=1S/C13H8ClF3N4/c14-10-3-8(13(15,16)17)6-19-12(10)21-11-4-9(18)2-1-7(11)5-20-21/h1-6H,18H2. The number of alkyl halides is 3. The van der Waals surface area contributed by atoms with E-state index in [4.69, 9.17) is 17.3 Å². The van der Waals surface area contributed by atoms with Gasteiger partial charge in [-0.05, 0) is 24.3 Å². The van der Waals surface area contributed by atoms with Crippen molar-refractivity contribution in [2.24, 2.45) is 0 Å². The lowest BCUT2D eigenvalue weighted by molar-refractivity contribution is -0.137. The average Bonchev–Trinajstić information content (AvgIpc) is 2.80. The predicted octanol–water partition coefficient (Wildman–Crippen LogP) is 3.67. The molecule has 0 fully saturated rings. The quantitative estimate of drug-likeness (QED) is 0.697. The first kappa shape index (κ1) is 13.7. The maximum Gasteiger partial charge on any atom is 0.417 e. The number of aromatic nitrogens is 3. The molecule has 4 nitrogen and oxygen atoms in total. The minimum Gasteiger partial charge on any atom is -0.399 e. The van der Waals surface area contributed by atoms with E-state index in [-0.39, 0.29) is 10.8 Å². The molecule has 0 aliphatic carbocycles. The second-order valence-corrected chi connectivity index (χ2v) is 4.81. The highest BCUT2D eigenvalue weighted by Crippen LogP contribution is 2.32. The first-order valence-corrected chi connectivity index (χ1v) is 6.20. The number of benzene rings is 1. The topological polar surface area (TPSA) is 56.7 Å². The van der Waals surface area contributed by atoms with Crippen LogP contribution in [0.4, 0.5) is 18.9 Å². The molecular formula is C13H8ClF3N4. The molecule has 3 rings (SSSR count). The van der Waals surface area contributed by atoms with Crippen molar-refractivity contribution in [3.05, 3.63) is 47.2 Å². The summed E-state index contributed by atoms with van der Waals surface area (Å²) in [6.07, 6.45) is -2.21. The number of fused-ring (bicyclic) bond motifs is 1. The zero-order valence-corrected chi connectivity index (χ0v) is 11.2. The highest BCUT2D eigenvalue weighted by Gasteiger charge is 2.31. The van der Waals surface area contributed by atoms with E-state index in [1.807, 2.05) is 0 Å². The molecule has 0 aliphatic heterocycles. The van der Waals surface area contributed by atoms with Crippen LogP contribution in [0.15, 0.2) is 36.7 Å². The molecule has 0 radical (unpaired) electrons. The smallest absolute Gasteiger partial charge is 0.399 e. The molecule has 2 aromatic heterocycles. The van der Waals surface area contributed by atoms with Crippen molar-refractivity contribution < 1.29 is 13.2 Å². The van der Waals surface area contributed by atoms with Gasteiger partial charge in [-0.1, -0.05) is 11.6 Å². The van der Waals surface area contributed by atoms with Gasteiger partial charge in [0.1, 0.15) is 0 Å². The maximum atomic E-state index is 12.6. The monoisotopic (exact) mass is 312 g/mol. The van der Waals surface area contributed by atoms with E-state index in [0.29, 0.717) is 11.2 Å². The summed E-state index contributed by atoms with van der Waals surface area (Å²) in [6, 6.07) is 5.93. The second kappa shape index (κ2) is 4.63. The Morgan fingerprint density at radius 3 is 2.57 bits per heavy atom. The Kier molecular flexibility index (Phi) is 3.02. The molecule has 0 aliphatic rings. The van der Waals surface area contributed by atoms with Crippen molar-refractivity contribution in [3.8, 4) is 5.82 Å². The average molecular weight is 313 g/mol. The molecule has 2 heterocycles. The summed E-state index contributed by atoms with van der Waals surface area (Å²) >= 11 is 5.91. The molecule has 0 spiro atoms. The maximum absolute atomic E-state index is 12.6. The molecule has 1 aromatic carbocycles. The van der Waals surface area contributed by atoms with Gasteiger partial charge in [0.15, 0.2) is 5.82 Å². The third kappa shape index (κ3) is 2.40. The lowest BCUT2D eigenvalue weighted by atomic mass is 10.2. The first-order chi connectivity index (χ1) is 9.86. The molecule has 0 atom stereocenters. The summed E-state index contributed by atoms with van der Waals surface area (Å²) < 4.78 is 39.2. The zero-order chi connectivity index (χ0) is 15.2. The third-order valence-electron chi connectivity index (χ3n) is 2.94. The second-order valence-electron chi connectivity index (χ2n) is 4.40. The SMILES string of the molecule is Nc1ccc2cnn(-c3ncc(C(F)(F)F)cc3Cl)c2c1. The van der Waals surface area contributed by atoms with Crippen molar-refractivity contribution in [2.75, 3.05) is 5.73 Å². The van der Waals surface area contributed by atoms with Crippen molar-refractivity contribution in [1.29, 1.82) is 0 Å². The molecule has 8 heteroatoms. The Morgan fingerprint density at radius 1 is 1.14 bits per heavy atom. The van der Waals surface area contributed by atoms with Crippen LogP contribution in [0.1, 0.15) is 5.56 Å². The molecular weight excluding hydrogens is 305 g/mol. The van der Waals surface area contributed by atoms with Gasteiger partial charge in [0.2, 0.25) is 0 Å². The van der Waals surface area contributed by atoms with E-state index in [1.54, 1.807) is 24.4 Å². The van der Waals surface area contributed by atoms with Gasteiger partial charge in [-0.25, -0.2) is 9.67 Å². The van der Waals surface area contributed by atoms with Crippen molar-refractivity contribution in [3.63, 3.8) is 0 Å². The number of rotatable bonds is 1. The molecule has 21 heavy (non-hydrogen) atoms. The minimum atomic E-state index is -4.49. The van der Waals surface area contributed by atoms with Gasteiger partial charge in [0, 0.05) is 17.3 Å². The van der Waals surface area contributed by atoms with Crippen molar-refractivity contribution >= 4 is 28.2 Å². The lowest BCUT2D eigenvalue weighted by Gasteiger charge is -2.09. The predicted molar refractivity (Wildman–Crippen MR) is 73.3 cm³/mol. The molecule has 108 valence electrons. The number of hydrogen-bond acceptors (Lipinski definition) is 3. The van der Waals surface area contributed by atoms with Crippen LogP contribution < -0.4 is 5.73 Å². The fourth-order valence-electron chi connectivity index (χ4n) is 1.95. The summed E-state index contributed by atoms with van der Waals surface area (Å²) in [5.41, 5.74) is 5.92. The number of nitrogen functional groups attached to an aromatic ring is 1. The van der Waals surface area contributed by atoms with Crippen LogP contribution in [0, 0.1) is 0 Å².